The molecule has 1 N–H and O–H groups in total. The second kappa shape index (κ2) is 6.54. The van der Waals surface area contributed by atoms with Gasteiger partial charge in [-0.15, -0.1) is 0 Å². The van der Waals surface area contributed by atoms with Crippen LogP contribution in [0.25, 0.3) is 11.1 Å². The summed E-state index contributed by atoms with van der Waals surface area (Å²) in [6, 6.07) is 12.0. The zero-order valence-electron chi connectivity index (χ0n) is 13.3. The van der Waals surface area contributed by atoms with Gasteiger partial charge >= 0.3 is 5.97 Å². The largest absolute Gasteiger partial charge is 0.465 e. The number of aromatic nitrogens is 1. The van der Waals surface area contributed by atoms with E-state index in [1.165, 1.54) is 7.11 Å². The van der Waals surface area contributed by atoms with Crippen LogP contribution in [0.3, 0.4) is 0 Å². The Balaban J connectivity index is 1.66. The van der Waals surface area contributed by atoms with Gasteiger partial charge in [0.15, 0.2) is 11.5 Å². The summed E-state index contributed by atoms with van der Waals surface area (Å²) in [6.45, 7) is 1.78. The topological polar surface area (TPSA) is 81.4 Å². The van der Waals surface area contributed by atoms with Gasteiger partial charge in [0, 0.05) is 12.6 Å². The molecule has 0 bridgehead atoms. The van der Waals surface area contributed by atoms with Gasteiger partial charge in [0.2, 0.25) is 5.91 Å². The number of ether oxygens (including phenoxy) is 1. The molecule has 122 valence electrons. The summed E-state index contributed by atoms with van der Waals surface area (Å²) in [7, 11) is 1.32. The second-order valence-electron chi connectivity index (χ2n) is 5.33. The normalized spacial score (nSPS) is 10.6. The van der Waals surface area contributed by atoms with Crippen molar-refractivity contribution in [2.75, 3.05) is 12.4 Å². The van der Waals surface area contributed by atoms with E-state index >= 15 is 0 Å². The van der Waals surface area contributed by atoms with Gasteiger partial charge in [-0.05, 0) is 42.0 Å². The van der Waals surface area contributed by atoms with Crippen molar-refractivity contribution < 1.29 is 18.7 Å². The van der Waals surface area contributed by atoms with Crippen LogP contribution in [0, 0.1) is 6.92 Å². The Morgan fingerprint density at radius 3 is 2.62 bits per heavy atom. The van der Waals surface area contributed by atoms with Crippen LogP contribution in [0.1, 0.15) is 21.8 Å². The fraction of sp³-hybridized carbons (Fsp3) is 0.167. The number of aryl methyl sites for hydroxylation is 1. The Morgan fingerprint density at radius 1 is 1.17 bits per heavy atom. The highest BCUT2D eigenvalue weighted by Crippen LogP contribution is 2.17. The van der Waals surface area contributed by atoms with Crippen LogP contribution in [0.4, 0.5) is 5.69 Å². The second-order valence-corrected chi connectivity index (χ2v) is 5.33. The number of rotatable bonds is 4. The van der Waals surface area contributed by atoms with Gasteiger partial charge in [0.25, 0.3) is 0 Å². The maximum atomic E-state index is 12.2. The quantitative estimate of drug-likeness (QED) is 0.746. The molecule has 3 rings (SSSR count). The molecule has 0 unspecified atom stereocenters. The number of anilines is 1. The number of benzene rings is 2. The van der Waals surface area contributed by atoms with E-state index in [-0.39, 0.29) is 12.3 Å². The third kappa shape index (κ3) is 3.43. The number of esters is 1. The number of carbonyl (C=O) groups excluding carboxylic acids is 2. The van der Waals surface area contributed by atoms with E-state index in [0.717, 1.165) is 11.1 Å². The number of nitrogens with zero attached hydrogens (tertiary/aromatic N) is 1. The molecule has 0 radical (unpaired) electrons. The third-order valence-corrected chi connectivity index (χ3v) is 3.51. The van der Waals surface area contributed by atoms with Crippen LogP contribution >= 0.6 is 0 Å². The average Bonchev–Trinajstić information content (AvgIpc) is 2.94. The third-order valence-electron chi connectivity index (χ3n) is 3.51. The maximum absolute atomic E-state index is 12.2. The Hall–Kier alpha value is -3.15. The molecule has 1 heterocycles. The molecular formula is C18H16N2O4. The fourth-order valence-electron chi connectivity index (χ4n) is 2.40. The van der Waals surface area contributed by atoms with Gasteiger partial charge in [0.1, 0.15) is 5.52 Å². The Kier molecular flexibility index (Phi) is 4.29. The number of methoxy groups -OCH3 is 1. The molecular weight excluding hydrogens is 308 g/mol. The predicted molar refractivity (Wildman–Crippen MR) is 88.9 cm³/mol. The standard InChI is InChI=1S/C18H16N2O4/c1-11-19-15-9-12(3-8-16(15)24-11)10-17(21)20-14-6-4-13(5-7-14)18(22)23-2/h3-9H,10H2,1-2H3,(H,20,21). The Morgan fingerprint density at radius 2 is 1.92 bits per heavy atom. The predicted octanol–water partition coefficient (Wildman–Crippen LogP) is 3.10. The summed E-state index contributed by atoms with van der Waals surface area (Å²) >= 11 is 0. The lowest BCUT2D eigenvalue weighted by Crippen LogP contribution is -2.14. The molecule has 0 aliphatic heterocycles. The number of carbonyl (C=O) groups is 2. The number of hydrogen-bond donors (Lipinski definition) is 1. The molecule has 0 aliphatic carbocycles. The molecule has 1 amide bonds. The number of amides is 1. The van der Waals surface area contributed by atoms with Gasteiger partial charge in [-0.2, -0.15) is 0 Å². The number of nitrogens with one attached hydrogen (secondary N) is 1. The van der Waals surface area contributed by atoms with E-state index in [1.54, 1.807) is 31.2 Å². The molecule has 6 heteroatoms. The molecule has 24 heavy (non-hydrogen) atoms. The van der Waals surface area contributed by atoms with Crippen molar-refractivity contribution in [2.45, 2.75) is 13.3 Å². The van der Waals surface area contributed by atoms with E-state index in [9.17, 15) is 9.59 Å². The van der Waals surface area contributed by atoms with Crippen molar-refractivity contribution in [1.29, 1.82) is 0 Å². The molecule has 3 aromatic rings. The number of fused-ring (bicyclic) bond motifs is 1. The van der Waals surface area contributed by atoms with Crippen molar-refractivity contribution in [3.05, 3.63) is 59.5 Å². The molecule has 6 nitrogen and oxygen atoms in total. The van der Waals surface area contributed by atoms with E-state index in [4.69, 9.17) is 4.42 Å². The smallest absolute Gasteiger partial charge is 0.337 e. The average molecular weight is 324 g/mol. The molecule has 0 saturated carbocycles. The first-order valence-corrected chi connectivity index (χ1v) is 7.39. The molecule has 0 saturated heterocycles. The van der Waals surface area contributed by atoms with Gasteiger partial charge in [0.05, 0.1) is 19.1 Å². The summed E-state index contributed by atoms with van der Waals surface area (Å²) in [4.78, 5) is 27.8. The monoisotopic (exact) mass is 324 g/mol. The lowest BCUT2D eigenvalue weighted by atomic mass is 10.1. The molecule has 1 aromatic heterocycles. The van der Waals surface area contributed by atoms with Crippen molar-refractivity contribution in [3.63, 3.8) is 0 Å². The lowest BCUT2D eigenvalue weighted by Gasteiger charge is -2.06. The highest BCUT2D eigenvalue weighted by atomic mass is 16.5. The molecule has 0 spiro atoms. The van der Waals surface area contributed by atoms with Crippen LogP contribution in [0.5, 0.6) is 0 Å². The number of hydrogen-bond acceptors (Lipinski definition) is 5. The highest BCUT2D eigenvalue weighted by molar-refractivity contribution is 5.94. The highest BCUT2D eigenvalue weighted by Gasteiger charge is 2.09. The first-order chi connectivity index (χ1) is 11.5. The van der Waals surface area contributed by atoms with Crippen LogP contribution < -0.4 is 5.32 Å². The zero-order chi connectivity index (χ0) is 17.1. The van der Waals surface area contributed by atoms with Gasteiger partial charge in [-0.25, -0.2) is 9.78 Å². The molecule has 0 atom stereocenters. The minimum Gasteiger partial charge on any atom is -0.465 e. The van der Waals surface area contributed by atoms with Crippen molar-refractivity contribution in [3.8, 4) is 0 Å². The first kappa shape index (κ1) is 15.7. The number of oxazole rings is 1. The Bertz CT molecular complexity index is 897. The van der Waals surface area contributed by atoms with E-state index in [0.29, 0.717) is 22.7 Å². The first-order valence-electron chi connectivity index (χ1n) is 7.39. The fourth-order valence-corrected chi connectivity index (χ4v) is 2.40. The van der Waals surface area contributed by atoms with Crippen LogP contribution in [0.2, 0.25) is 0 Å². The maximum Gasteiger partial charge on any atom is 0.337 e. The van der Waals surface area contributed by atoms with Gasteiger partial charge in [-0.3, -0.25) is 4.79 Å². The molecule has 0 aliphatic rings. The molecule has 2 aromatic carbocycles. The van der Waals surface area contributed by atoms with Crippen LogP contribution in [-0.2, 0) is 16.0 Å². The summed E-state index contributed by atoms with van der Waals surface area (Å²) < 4.78 is 10.0. The lowest BCUT2D eigenvalue weighted by molar-refractivity contribution is -0.115. The SMILES string of the molecule is COC(=O)c1ccc(NC(=O)Cc2ccc3oc(C)nc3c2)cc1. The van der Waals surface area contributed by atoms with Gasteiger partial charge in [-0.1, -0.05) is 6.07 Å². The van der Waals surface area contributed by atoms with Crippen LogP contribution in [-0.4, -0.2) is 24.0 Å². The summed E-state index contributed by atoms with van der Waals surface area (Å²) in [6.07, 6.45) is 0.223. The van der Waals surface area contributed by atoms with Crippen molar-refractivity contribution >= 4 is 28.7 Å². The van der Waals surface area contributed by atoms with Gasteiger partial charge < -0.3 is 14.5 Å². The zero-order valence-corrected chi connectivity index (χ0v) is 13.3. The molecule has 0 fully saturated rings. The summed E-state index contributed by atoms with van der Waals surface area (Å²) in [5, 5.41) is 2.79. The summed E-state index contributed by atoms with van der Waals surface area (Å²) in [5.74, 6) is 0.0294. The van der Waals surface area contributed by atoms with Crippen LogP contribution in [0.15, 0.2) is 46.9 Å². The minimum atomic E-state index is -0.413. The van der Waals surface area contributed by atoms with E-state index in [2.05, 4.69) is 15.0 Å². The minimum absolute atomic E-state index is 0.152. The summed E-state index contributed by atoms with van der Waals surface area (Å²) in [5.41, 5.74) is 3.34. The van der Waals surface area contributed by atoms with Crippen molar-refractivity contribution in [1.82, 2.24) is 4.98 Å². The van der Waals surface area contributed by atoms with Crippen molar-refractivity contribution in [2.24, 2.45) is 0 Å². The van der Waals surface area contributed by atoms with E-state index in [1.807, 2.05) is 18.2 Å². The van der Waals surface area contributed by atoms with E-state index < -0.39 is 5.97 Å². The Labute approximate surface area is 138 Å².